The summed E-state index contributed by atoms with van der Waals surface area (Å²) in [4.78, 5) is 22.5. The lowest BCUT2D eigenvalue weighted by Crippen LogP contribution is -2.12. The fourth-order valence-corrected chi connectivity index (χ4v) is 2.69. The van der Waals surface area contributed by atoms with Crippen LogP contribution in [0.15, 0.2) is 45.3 Å². The number of benzene rings is 2. The third-order valence-electron chi connectivity index (χ3n) is 2.77. The Morgan fingerprint density at radius 2 is 1.86 bits per heavy atom. The molecule has 0 heterocycles. The number of aryl methyl sites for hydroxylation is 1. The van der Waals surface area contributed by atoms with Crippen LogP contribution in [0.3, 0.4) is 0 Å². The summed E-state index contributed by atoms with van der Waals surface area (Å²) in [5.74, 6) is -0.286. The van der Waals surface area contributed by atoms with Gasteiger partial charge in [0, 0.05) is 16.2 Å². The number of nitro groups is 1. The first kappa shape index (κ1) is 15.7. The van der Waals surface area contributed by atoms with Crippen LogP contribution in [0.1, 0.15) is 15.9 Å². The van der Waals surface area contributed by atoms with E-state index < -0.39 is 4.92 Å². The van der Waals surface area contributed by atoms with Crippen LogP contribution in [-0.4, -0.2) is 10.8 Å². The van der Waals surface area contributed by atoms with Crippen molar-refractivity contribution < 1.29 is 9.72 Å². The van der Waals surface area contributed by atoms with Gasteiger partial charge < -0.3 is 5.32 Å². The van der Waals surface area contributed by atoms with Gasteiger partial charge in [-0.1, -0.05) is 11.6 Å². The number of halogens is 2. The zero-order chi connectivity index (χ0) is 15.6. The van der Waals surface area contributed by atoms with Crippen molar-refractivity contribution in [2.24, 2.45) is 0 Å². The zero-order valence-corrected chi connectivity index (χ0v) is 14.1. The van der Waals surface area contributed by atoms with Crippen LogP contribution in [0, 0.1) is 17.0 Å². The molecule has 0 aliphatic heterocycles. The molecule has 0 spiro atoms. The summed E-state index contributed by atoms with van der Waals surface area (Å²) in [6.45, 7) is 1.89. The lowest BCUT2D eigenvalue weighted by molar-refractivity contribution is -0.385. The molecule has 0 bridgehead atoms. The van der Waals surface area contributed by atoms with E-state index in [-0.39, 0.29) is 11.6 Å². The summed E-state index contributed by atoms with van der Waals surface area (Å²) >= 11 is 6.45. The summed E-state index contributed by atoms with van der Waals surface area (Å²) in [5.41, 5.74) is 1.90. The van der Waals surface area contributed by atoms with E-state index in [1.165, 1.54) is 18.2 Å². The van der Waals surface area contributed by atoms with Gasteiger partial charge in [0.15, 0.2) is 0 Å². The lowest BCUT2D eigenvalue weighted by atomic mass is 10.1. The van der Waals surface area contributed by atoms with Gasteiger partial charge in [-0.3, -0.25) is 14.9 Å². The monoisotopic (exact) mass is 412 g/mol. The topological polar surface area (TPSA) is 72.2 Å². The van der Waals surface area contributed by atoms with Crippen LogP contribution in [0.5, 0.6) is 0 Å². The first-order valence-corrected chi connectivity index (χ1v) is 7.48. The molecule has 0 unspecified atom stereocenters. The molecule has 0 atom stereocenters. The number of anilines is 1. The van der Waals surface area contributed by atoms with Gasteiger partial charge in [-0.2, -0.15) is 0 Å². The normalized spacial score (nSPS) is 10.2. The molecule has 0 aliphatic carbocycles. The molecule has 2 aromatic carbocycles. The van der Waals surface area contributed by atoms with Gasteiger partial charge in [0.2, 0.25) is 0 Å². The van der Waals surface area contributed by atoms with E-state index in [1.807, 2.05) is 13.0 Å². The molecule has 0 fully saturated rings. The molecule has 5 nitrogen and oxygen atoms in total. The zero-order valence-electron chi connectivity index (χ0n) is 10.9. The first-order valence-electron chi connectivity index (χ1n) is 5.90. The third kappa shape index (κ3) is 3.68. The number of nitrogens with one attached hydrogen (secondary N) is 1. The van der Waals surface area contributed by atoms with Gasteiger partial charge in [-0.05, 0) is 63.0 Å². The lowest BCUT2D eigenvalue weighted by Gasteiger charge is -2.08. The molecule has 0 saturated carbocycles. The van der Waals surface area contributed by atoms with Gasteiger partial charge >= 0.3 is 0 Å². The Balaban J connectivity index is 2.26. The molecule has 108 valence electrons. The van der Waals surface area contributed by atoms with E-state index in [9.17, 15) is 14.9 Å². The predicted octanol–water partition coefficient (Wildman–Crippen LogP) is 4.68. The number of hydrogen-bond acceptors (Lipinski definition) is 3. The second-order valence-electron chi connectivity index (χ2n) is 4.36. The van der Waals surface area contributed by atoms with Gasteiger partial charge in [-0.15, -0.1) is 0 Å². The van der Waals surface area contributed by atoms with Crippen molar-refractivity contribution >= 4 is 49.1 Å². The summed E-state index contributed by atoms with van der Waals surface area (Å²) in [7, 11) is 0. The smallest absolute Gasteiger partial charge is 0.283 e. The highest BCUT2D eigenvalue weighted by Crippen LogP contribution is 2.28. The molecule has 0 radical (unpaired) electrons. The van der Waals surface area contributed by atoms with E-state index in [4.69, 9.17) is 0 Å². The third-order valence-corrected chi connectivity index (χ3v) is 4.10. The highest BCUT2D eigenvalue weighted by Gasteiger charge is 2.14. The van der Waals surface area contributed by atoms with E-state index >= 15 is 0 Å². The standard InChI is InChI=1S/C14H10Br2N2O3/c1-8-2-4-11(15)10(6-8)14(19)17-9-3-5-13(18(20)21)12(16)7-9/h2-7H,1H3,(H,17,19). The van der Waals surface area contributed by atoms with Crippen molar-refractivity contribution in [1.82, 2.24) is 0 Å². The Kier molecular flexibility index (Phi) is 4.74. The minimum atomic E-state index is -0.493. The highest BCUT2D eigenvalue weighted by molar-refractivity contribution is 9.11. The number of rotatable bonds is 3. The molecule has 0 aliphatic rings. The molecule has 7 heteroatoms. The van der Waals surface area contributed by atoms with Gasteiger partial charge in [-0.25, -0.2) is 0 Å². The molecule has 2 rings (SSSR count). The Hall–Kier alpha value is -1.73. The van der Waals surface area contributed by atoms with Crippen molar-refractivity contribution in [3.05, 3.63) is 66.6 Å². The Morgan fingerprint density at radius 3 is 2.48 bits per heavy atom. The van der Waals surface area contributed by atoms with Gasteiger partial charge in [0.25, 0.3) is 11.6 Å². The van der Waals surface area contributed by atoms with Crippen molar-refractivity contribution in [3.8, 4) is 0 Å². The number of hydrogen-bond donors (Lipinski definition) is 1. The summed E-state index contributed by atoms with van der Waals surface area (Å²) in [5, 5.41) is 13.5. The van der Waals surface area contributed by atoms with Gasteiger partial charge in [0.05, 0.1) is 15.0 Å². The van der Waals surface area contributed by atoms with E-state index in [1.54, 1.807) is 12.1 Å². The number of nitro benzene ring substituents is 1. The van der Waals surface area contributed by atoms with Crippen molar-refractivity contribution in [1.29, 1.82) is 0 Å². The molecule has 2 aromatic rings. The summed E-state index contributed by atoms with van der Waals surface area (Å²) < 4.78 is 1.00. The van der Waals surface area contributed by atoms with E-state index in [2.05, 4.69) is 37.2 Å². The quantitative estimate of drug-likeness (QED) is 0.586. The van der Waals surface area contributed by atoms with E-state index in [0.29, 0.717) is 20.2 Å². The molecule has 1 N–H and O–H groups in total. The number of carbonyl (C=O) groups is 1. The maximum atomic E-state index is 12.2. The number of carbonyl (C=O) groups excluding carboxylic acids is 1. The van der Waals surface area contributed by atoms with Crippen LogP contribution in [0.2, 0.25) is 0 Å². The summed E-state index contributed by atoms with van der Waals surface area (Å²) in [6, 6.07) is 9.79. The first-order chi connectivity index (χ1) is 9.88. The van der Waals surface area contributed by atoms with Crippen LogP contribution in [0.4, 0.5) is 11.4 Å². The van der Waals surface area contributed by atoms with Crippen LogP contribution in [-0.2, 0) is 0 Å². The fraction of sp³-hybridized carbons (Fsp3) is 0.0714. The second kappa shape index (κ2) is 6.36. The molecule has 1 amide bonds. The van der Waals surface area contributed by atoms with Crippen LogP contribution in [0.25, 0.3) is 0 Å². The summed E-state index contributed by atoms with van der Waals surface area (Å²) in [6.07, 6.45) is 0. The Labute approximate surface area is 137 Å². The Morgan fingerprint density at radius 1 is 1.14 bits per heavy atom. The Bertz CT molecular complexity index is 732. The molecule has 0 aromatic heterocycles. The van der Waals surface area contributed by atoms with Crippen molar-refractivity contribution in [2.75, 3.05) is 5.32 Å². The fourth-order valence-electron chi connectivity index (χ4n) is 1.74. The average Bonchev–Trinajstić information content (AvgIpc) is 2.41. The second-order valence-corrected chi connectivity index (χ2v) is 6.07. The van der Waals surface area contributed by atoms with Gasteiger partial charge in [0.1, 0.15) is 0 Å². The van der Waals surface area contributed by atoms with Crippen LogP contribution < -0.4 is 5.32 Å². The minimum absolute atomic E-state index is 0.0512. The van der Waals surface area contributed by atoms with Crippen molar-refractivity contribution in [3.63, 3.8) is 0 Å². The average molecular weight is 414 g/mol. The van der Waals surface area contributed by atoms with Crippen LogP contribution >= 0.6 is 31.9 Å². The SMILES string of the molecule is Cc1ccc(Br)c(C(=O)Nc2ccc([N+](=O)[O-])c(Br)c2)c1. The largest absolute Gasteiger partial charge is 0.322 e. The number of nitrogens with zero attached hydrogens (tertiary/aromatic N) is 1. The highest BCUT2D eigenvalue weighted by atomic mass is 79.9. The number of amides is 1. The molecule has 21 heavy (non-hydrogen) atoms. The van der Waals surface area contributed by atoms with E-state index in [0.717, 1.165) is 5.56 Å². The molecular formula is C14H10Br2N2O3. The molecule has 0 saturated heterocycles. The maximum absolute atomic E-state index is 12.2. The maximum Gasteiger partial charge on any atom is 0.283 e. The molecular weight excluding hydrogens is 404 g/mol. The van der Waals surface area contributed by atoms with Crippen molar-refractivity contribution in [2.45, 2.75) is 6.92 Å². The minimum Gasteiger partial charge on any atom is -0.322 e. The predicted molar refractivity (Wildman–Crippen MR) is 87.6 cm³/mol.